The van der Waals surface area contributed by atoms with Crippen molar-refractivity contribution in [1.29, 1.82) is 0 Å². The van der Waals surface area contributed by atoms with Crippen molar-refractivity contribution in [2.24, 2.45) is 5.50 Å². The van der Waals surface area contributed by atoms with Crippen LogP contribution in [0.5, 0.6) is 5.75 Å². The maximum absolute atomic E-state index is 10.4. The number of hydrogen-bond donors (Lipinski definition) is 1. The van der Waals surface area contributed by atoms with Crippen LogP contribution in [0, 0.1) is 10.1 Å². The van der Waals surface area contributed by atoms with Crippen molar-refractivity contribution in [2.45, 2.75) is 4.90 Å². The van der Waals surface area contributed by atoms with Gasteiger partial charge in [-0.3, -0.25) is 15.6 Å². The first kappa shape index (κ1) is 8.74. The summed E-state index contributed by atoms with van der Waals surface area (Å²) in [5.74, 6) is 0.643. The van der Waals surface area contributed by atoms with Gasteiger partial charge in [-0.2, -0.15) is 0 Å². The van der Waals surface area contributed by atoms with Crippen molar-refractivity contribution in [2.75, 3.05) is 0 Å². The highest BCUT2D eigenvalue weighted by Crippen LogP contribution is 2.59. The Kier molecular flexibility index (Phi) is 2.11. The van der Waals surface area contributed by atoms with Gasteiger partial charge in [-0.1, -0.05) is 0 Å². The van der Waals surface area contributed by atoms with Crippen molar-refractivity contribution < 1.29 is 9.45 Å². The molecule has 13 heavy (non-hydrogen) atoms. The molecule has 1 heterocycles. The van der Waals surface area contributed by atoms with E-state index in [0.717, 1.165) is 4.90 Å². The molecule has 68 valence electrons. The fraction of sp³-hybridized carbons (Fsp3) is 0. The third-order valence-corrected chi connectivity index (χ3v) is 3.94. The van der Waals surface area contributed by atoms with Crippen molar-refractivity contribution in [1.82, 2.24) is 0 Å². The lowest BCUT2D eigenvalue weighted by atomic mass is 10.3. The average molecular weight is 216 g/mol. The van der Waals surface area contributed by atoms with Crippen LogP contribution in [0.15, 0.2) is 23.1 Å². The summed E-state index contributed by atoms with van der Waals surface area (Å²) in [5, 5.41) is 10.4. The minimum absolute atomic E-state index is 0.0696. The molecule has 0 amide bonds. The Labute approximate surface area is 79.0 Å². The summed E-state index contributed by atoms with van der Waals surface area (Å²) in [7, 11) is -1.03. The zero-order valence-corrected chi connectivity index (χ0v) is 8.05. The molecule has 0 bridgehead atoms. The van der Waals surface area contributed by atoms with Gasteiger partial charge < -0.3 is 4.52 Å². The number of hydrogen-bond acceptors (Lipinski definition) is 5. The molecule has 1 atom stereocenters. The summed E-state index contributed by atoms with van der Waals surface area (Å²) < 4.78 is 5.22. The van der Waals surface area contributed by atoms with Crippen LogP contribution in [-0.4, -0.2) is 4.92 Å². The summed E-state index contributed by atoms with van der Waals surface area (Å²) in [6.07, 6.45) is 0. The van der Waals surface area contributed by atoms with Crippen molar-refractivity contribution in [3.63, 3.8) is 0 Å². The van der Waals surface area contributed by atoms with Gasteiger partial charge in [0.1, 0.15) is 5.75 Å². The van der Waals surface area contributed by atoms with E-state index < -0.39 is 12.4 Å². The van der Waals surface area contributed by atoms with Crippen LogP contribution in [0.25, 0.3) is 0 Å². The number of nitrogens with two attached hydrogens (primary N) is 1. The van der Waals surface area contributed by atoms with Crippen LogP contribution in [0.2, 0.25) is 0 Å². The van der Waals surface area contributed by atoms with Gasteiger partial charge in [-0.25, -0.2) is 0 Å². The van der Waals surface area contributed by atoms with Crippen LogP contribution in [0.3, 0.4) is 0 Å². The molecular weight excluding hydrogens is 211 g/mol. The van der Waals surface area contributed by atoms with Gasteiger partial charge in [0.2, 0.25) is 7.50 Å². The second kappa shape index (κ2) is 3.14. The zero-order chi connectivity index (χ0) is 9.42. The highest BCUT2D eigenvalue weighted by molar-refractivity contribution is 8.54. The molecule has 1 aliphatic heterocycles. The molecule has 0 saturated heterocycles. The monoisotopic (exact) mass is 216 g/mol. The lowest BCUT2D eigenvalue weighted by Crippen LogP contribution is -1.88. The van der Waals surface area contributed by atoms with E-state index in [2.05, 4.69) is 0 Å². The number of non-ortho nitro benzene ring substituents is 1. The van der Waals surface area contributed by atoms with E-state index in [9.17, 15) is 10.1 Å². The van der Waals surface area contributed by atoms with Crippen molar-refractivity contribution in [3.05, 3.63) is 28.3 Å². The van der Waals surface area contributed by atoms with Gasteiger partial charge in [0.25, 0.3) is 5.69 Å². The zero-order valence-electron chi connectivity index (χ0n) is 6.34. The summed E-state index contributed by atoms with van der Waals surface area (Å²) in [6.45, 7) is 0. The highest BCUT2D eigenvalue weighted by Gasteiger charge is 2.23. The molecule has 0 aliphatic carbocycles. The van der Waals surface area contributed by atoms with Gasteiger partial charge in [0.05, 0.1) is 9.82 Å². The molecule has 1 aromatic rings. The Bertz CT molecular complexity index is 373. The predicted octanol–water partition coefficient (Wildman–Crippen LogP) is 2.26. The van der Waals surface area contributed by atoms with E-state index in [4.69, 9.17) is 10.0 Å². The summed E-state index contributed by atoms with van der Waals surface area (Å²) in [6, 6.07) is 4.47. The SMILES string of the molecule is NP1Oc2ccc([N+](=O)[O-])cc2S1. The van der Waals surface area contributed by atoms with Crippen molar-refractivity contribution >= 4 is 24.6 Å². The first-order chi connectivity index (χ1) is 6.16. The van der Waals surface area contributed by atoms with Crippen LogP contribution in [0.1, 0.15) is 0 Å². The molecule has 0 radical (unpaired) electrons. The number of nitrogens with zero attached hydrogens (tertiary/aromatic N) is 1. The number of fused-ring (bicyclic) bond motifs is 1. The quantitative estimate of drug-likeness (QED) is 0.442. The van der Waals surface area contributed by atoms with Gasteiger partial charge in [-0.05, 0) is 17.4 Å². The van der Waals surface area contributed by atoms with E-state index >= 15 is 0 Å². The molecule has 7 heteroatoms. The minimum atomic E-state index is -1.03. The summed E-state index contributed by atoms with van der Waals surface area (Å²) in [4.78, 5) is 10.7. The molecule has 1 aliphatic rings. The minimum Gasteiger partial charge on any atom is -0.447 e. The number of benzene rings is 1. The summed E-state index contributed by atoms with van der Waals surface area (Å²) in [5.41, 5.74) is 5.62. The Hall–Kier alpha value is -0.840. The first-order valence-electron chi connectivity index (χ1n) is 3.36. The maximum Gasteiger partial charge on any atom is 0.270 e. The highest BCUT2D eigenvalue weighted by atomic mass is 32.7. The van der Waals surface area contributed by atoms with E-state index in [1.54, 1.807) is 6.07 Å². The second-order valence-corrected chi connectivity index (χ2v) is 5.36. The fourth-order valence-electron chi connectivity index (χ4n) is 0.970. The first-order valence-corrected chi connectivity index (χ1v) is 6.11. The van der Waals surface area contributed by atoms with Crippen molar-refractivity contribution in [3.8, 4) is 5.75 Å². The van der Waals surface area contributed by atoms with Crippen LogP contribution >= 0.6 is 18.9 Å². The van der Waals surface area contributed by atoms with E-state index in [-0.39, 0.29) is 5.69 Å². The smallest absolute Gasteiger partial charge is 0.270 e. The van der Waals surface area contributed by atoms with E-state index in [1.165, 1.54) is 23.5 Å². The number of nitro groups is 1. The van der Waals surface area contributed by atoms with E-state index in [1.807, 2.05) is 0 Å². The van der Waals surface area contributed by atoms with Gasteiger partial charge in [0.15, 0.2) is 0 Å². The Morgan fingerprint density at radius 1 is 1.62 bits per heavy atom. The van der Waals surface area contributed by atoms with Crippen LogP contribution in [-0.2, 0) is 0 Å². The molecule has 0 saturated carbocycles. The molecule has 0 fully saturated rings. The molecule has 2 rings (SSSR count). The Morgan fingerprint density at radius 3 is 3.08 bits per heavy atom. The largest absolute Gasteiger partial charge is 0.447 e. The third kappa shape index (κ3) is 1.60. The second-order valence-electron chi connectivity index (χ2n) is 2.36. The maximum atomic E-state index is 10.4. The third-order valence-electron chi connectivity index (χ3n) is 1.51. The lowest BCUT2D eigenvalue weighted by molar-refractivity contribution is -0.385. The molecule has 1 aromatic carbocycles. The topological polar surface area (TPSA) is 78.4 Å². The number of nitro benzene ring substituents is 1. The normalized spacial score (nSPS) is 19.3. The lowest BCUT2D eigenvalue weighted by Gasteiger charge is -1.97. The Balaban J connectivity index is 2.40. The van der Waals surface area contributed by atoms with Crippen LogP contribution in [0.4, 0.5) is 5.69 Å². The molecule has 2 N–H and O–H groups in total. The standard InChI is InChI=1S/C6H5N2O3PS/c7-12-11-5-2-1-4(8(9)10)3-6(5)13-12/h1-3H,7H2. The molecule has 0 aromatic heterocycles. The molecule has 0 spiro atoms. The van der Waals surface area contributed by atoms with Crippen LogP contribution < -0.4 is 10.0 Å². The van der Waals surface area contributed by atoms with Gasteiger partial charge in [0, 0.05) is 12.1 Å². The van der Waals surface area contributed by atoms with E-state index in [0.29, 0.717) is 5.75 Å². The summed E-state index contributed by atoms with van der Waals surface area (Å²) >= 11 is 1.34. The average Bonchev–Trinajstić information content (AvgIpc) is 2.42. The van der Waals surface area contributed by atoms with Gasteiger partial charge in [-0.15, -0.1) is 0 Å². The fourth-order valence-corrected chi connectivity index (χ4v) is 3.35. The predicted molar refractivity (Wildman–Crippen MR) is 50.7 cm³/mol. The molecular formula is C6H5N2O3PS. The molecule has 5 nitrogen and oxygen atoms in total. The molecule has 1 unspecified atom stereocenters. The van der Waals surface area contributed by atoms with Gasteiger partial charge >= 0.3 is 0 Å². The number of rotatable bonds is 1. The Morgan fingerprint density at radius 2 is 2.38 bits per heavy atom.